The highest BCUT2D eigenvalue weighted by molar-refractivity contribution is 5.79. The van der Waals surface area contributed by atoms with E-state index < -0.39 is 0 Å². The van der Waals surface area contributed by atoms with E-state index >= 15 is 0 Å². The van der Waals surface area contributed by atoms with Crippen molar-refractivity contribution >= 4 is 5.91 Å². The van der Waals surface area contributed by atoms with Crippen molar-refractivity contribution in [2.24, 2.45) is 11.8 Å². The standard InChI is InChI=1S/C27H33N5O2/c33-27(30-11-8-25-14-29-19-31-25)24-12-21(16-32(17-24)15-20-6-9-28-10-7-20)18-34-26-5-4-22-2-1-3-23(22)13-26/h4-7,9-10,13-14,19,21,24H,1-3,8,11-12,15-18H2,(H,29,31)(H,30,33)/t21-,24+/m0/s1. The van der Waals surface area contributed by atoms with Gasteiger partial charge in [0.15, 0.2) is 0 Å². The Kier molecular flexibility index (Phi) is 7.19. The molecule has 2 aliphatic rings. The second kappa shape index (κ2) is 10.8. The van der Waals surface area contributed by atoms with E-state index in [1.165, 1.54) is 29.5 Å². The number of H-pyrrole nitrogens is 1. The Morgan fingerprint density at radius 3 is 2.85 bits per heavy atom. The third kappa shape index (κ3) is 5.83. The molecule has 1 aliphatic carbocycles. The summed E-state index contributed by atoms with van der Waals surface area (Å²) in [5.74, 6) is 1.33. The molecular weight excluding hydrogens is 426 g/mol. The number of carbonyl (C=O) groups excluding carboxylic acids is 1. The second-order valence-corrected chi connectivity index (χ2v) is 9.56. The van der Waals surface area contributed by atoms with Crippen molar-refractivity contribution in [2.75, 3.05) is 26.2 Å². The summed E-state index contributed by atoms with van der Waals surface area (Å²) in [4.78, 5) is 26.7. The number of hydrogen-bond acceptors (Lipinski definition) is 5. The van der Waals surface area contributed by atoms with Crippen LogP contribution in [-0.4, -0.2) is 52.0 Å². The first-order chi connectivity index (χ1) is 16.7. The van der Waals surface area contributed by atoms with Crippen molar-refractivity contribution in [1.82, 2.24) is 25.2 Å². The van der Waals surface area contributed by atoms with Crippen LogP contribution in [0.4, 0.5) is 0 Å². The summed E-state index contributed by atoms with van der Waals surface area (Å²) in [6.07, 6.45) is 12.3. The average Bonchev–Trinajstić information content (AvgIpc) is 3.55. The summed E-state index contributed by atoms with van der Waals surface area (Å²) < 4.78 is 6.25. The van der Waals surface area contributed by atoms with Crippen LogP contribution in [0.15, 0.2) is 55.2 Å². The van der Waals surface area contributed by atoms with Gasteiger partial charge in [0, 0.05) is 62.8 Å². The van der Waals surface area contributed by atoms with E-state index in [1.807, 2.05) is 24.5 Å². The average molecular weight is 460 g/mol. The Morgan fingerprint density at radius 2 is 2.00 bits per heavy atom. The molecule has 2 aromatic heterocycles. The molecule has 3 heterocycles. The summed E-state index contributed by atoms with van der Waals surface area (Å²) in [6, 6.07) is 10.6. The minimum atomic E-state index is -0.0500. The SMILES string of the molecule is O=C(NCCc1cnc[nH]1)[C@@H]1C[C@H](COc2ccc3c(c2)CCC3)CN(Cc2ccncc2)C1. The number of imidazole rings is 1. The van der Waals surface area contributed by atoms with E-state index in [1.54, 1.807) is 12.5 Å². The number of pyridine rings is 1. The first-order valence-corrected chi connectivity index (χ1v) is 12.3. The minimum absolute atomic E-state index is 0.0500. The third-order valence-electron chi connectivity index (χ3n) is 6.94. The van der Waals surface area contributed by atoms with Crippen LogP contribution in [0.2, 0.25) is 0 Å². The lowest BCUT2D eigenvalue weighted by molar-refractivity contribution is -0.127. The minimum Gasteiger partial charge on any atom is -0.493 e. The molecule has 3 aromatic rings. The summed E-state index contributed by atoms with van der Waals surface area (Å²) >= 11 is 0. The zero-order chi connectivity index (χ0) is 23.2. The maximum Gasteiger partial charge on any atom is 0.224 e. The number of benzene rings is 1. The van der Waals surface area contributed by atoms with Crippen molar-refractivity contribution in [2.45, 2.75) is 38.6 Å². The van der Waals surface area contributed by atoms with Crippen LogP contribution in [0.5, 0.6) is 5.75 Å². The lowest BCUT2D eigenvalue weighted by atomic mass is 9.88. The number of rotatable bonds is 9. The van der Waals surface area contributed by atoms with Crippen LogP contribution < -0.4 is 10.1 Å². The van der Waals surface area contributed by atoms with E-state index in [0.29, 0.717) is 19.1 Å². The number of aromatic amines is 1. The summed E-state index contributed by atoms with van der Waals surface area (Å²) in [6.45, 7) is 3.73. The Balaban J connectivity index is 1.20. The van der Waals surface area contributed by atoms with Gasteiger partial charge in [0.1, 0.15) is 5.75 Å². The number of aryl methyl sites for hydroxylation is 2. The topological polar surface area (TPSA) is 83.1 Å². The molecular formula is C27H33N5O2. The summed E-state index contributed by atoms with van der Waals surface area (Å²) in [7, 11) is 0. The number of aromatic nitrogens is 3. The number of hydrogen-bond donors (Lipinski definition) is 2. The van der Waals surface area contributed by atoms with Gasteiger partial charge < -0.3 is 15.0 Å². The molecule has 0 bridgehead atoms. The van der Waals surface area contributed by atoms with E-state index in [4.69, 9.17) is 4.74 Å². The Bertz CT molecular complexity index is 1070. The van der Waals surface area contributed by atoms with Gasteiger partial charge in [0.25, 0.3) is 0 Å². The van der Waals surface area contributed by atoms with Crippen molar-refractivity contribution in [3.05, 3.63) is 77.6 Å². The van der Waals surface area contributed by atoms with Crippen molar-refractivity contribution < 1.29 is 9.53 Å². The van der Waals surface area contributed by atoms with E-state index in [0.717, 1.165) is 50.3 Å². The molecule has 1 aromatic carbocycles. The first kappa shape index (κ1) is 22.6. The predicted molar refractivity (Wildman–Crippen MR) is 130 cm³/mol. The maximum atomic E-state index is 13.1. The Labute approximate surface area is 201 Å². The normalized spacial score (nSPS) is 20.1. The van der Waals surface area contributed by atoms with E-state index in [9.17, 15) is 4.79 Å². The molecule has 0 radical (unpaired) electrons. The number of ether oxygens (including phenoxy) is 1. The summed E-state index contributed by atoms with van der Waals surface area (Å²) in [5.41, 5.74) is 5.13. The van der Waals surface area contributed by atoms with Crippen LogP contribution in [0, 0.1) is 11.8 Å². The van der Waals surface area contributed by atoms with Gasteiger partial charge in [0.05, 0.1) is 18.9 Å². The fourth-order valence-electron chi connectivity index (χ4n) is 5.23. The first-order valence-electron chi connectivity index (χ1n) is 12.3. The molecule has 0 spiro atoms. The van der Waals surface area contributed by atoms with Gasteiger partial charge in [-0.15, -0.1) is 0 Å². The zero-order valence-electron chi connectivity index (χ0n) is 19.6. The molecule has 178 valence electrons. The molecule has 7 heteroatoms. The molecule has 0 saturated carbocycles. The molecule has 1 saturated heterocycles. The van der Waals surface area contributed by atoms with Crippen LogP contribution >= 0.6 is 0 Å². The van der Waals surface area contributed by atoms with Gasteiger partial charge in [-0.2, -0.15) is 0 Å². The van der Waals surface area contributed by atoms with Crippen molar-refractivity contribution in [1.29, 1.82) is 0 Å². The van der Waals surface area contributed by atoms with Gasteiger partial charge >= 0.3 is 0 Å². The highest BCUT2D eigenvalue weighted by Crippen LogP contribution is 2.28. The van der Waals surface area contributed by atoms with Gasteiger partial charge in [0.2, 0.25) is 5.91 Å². The molecule has 5 rings (SSSR count). The van der Waals surface area contributed by atoms with Crippen molar-refractivity contribution in [3.8, 4) is 5.75 Å². The number of piperidine rings is 1. The smallest absolute Gasteiger partial charge is 0.224 e. The number of nitrogens with zero attached hydrogens (tertiary/aromatic N) is 3. The highest BCUT2D eigenvalue weighted by atomic mass is 16.5. The fraction of sp³-hybridized carbons (Fsp3) is 0.444. The van der Waals surface area contributed by atoms with Crippen LogP contribution in [0.3, 0.4) is 0 Å². The molecule has 1 aliphatic heterocycles. The lowest BCUT2D eigenvalue weighted by Gasteiger charge is -2.37. The number of likely N-dealkylation sites (tertiary alicyclic amines) is 1. The molecule has 1 amide bonds. The Morgan fingerprint density at radius 1 is 1.12 bits per heavy atom. The van der Waals surface area contributed by atoms with Crippen LogP contribution in [0.1, 0.15) is 35.2 Å². The van der Waals surface area contributed by atoms with Gasteiger partial charge in [-0.3, -0.25) is 14.7 Å². The number of amides is 1. The molecule has 1 fully saturated rings. The van der Waals surface area contributed by atoms with E-state index in [-0.39, 0.29) is 11.8 Å². The predicted octanol–water partition coefficient (Wildman–Crippen LogP) is 3.17. The summed E-state index contributed by atoms with van der Waals surface area (Å²) in [5, 5.41) is 3.13. The fourth-order valence-corrected chi connectivity index (χ4v) is 5.23. The molecule has 0 unspecified atom stereocenters. The maximum absolute atomic E-state index is 13.1. The quantitative estimate of drug-likeness (QED) is 0.514. The third-order valence-corrected chi connectivity index (χ3v) is 6.94. The van der Waals surface area contributed by atoms with Gasteiger partial charge in [-0.05, 0) is 66.6 Å². The molecule has 2 atom stereocenters. The number of nitrogens with one attached hydrogen (secondary N) is 2. The molecule has 34 heavy (non-hydrogen) atoms. The van der Waals surface area contributed by atoms with Crippen LogP contribution in [-0.2, 0) is 30.6 Å². The van der Waals surface area contributed by atoms with Gasteiger partial charge in [-0.1, -0.05) is 6.07 Å². The van der Waals surface area contributed by atoms with Gasteiger partial charge in [-0.25, -0.2) is 4.98 Å². The monoisotopic (exact) mass is 459 g/mol. The van der Waals surface area contributed by atoms with Crippen molar-refractivity contribution in [3.63, 3.8) is 0 Å². The molecule has 2 N–H and O–H groups in total. The Hall–Kier alpha value is -3.19. The number of fused-ring (bicyclic) bond motifs is 1. The lowest BCUT2D eigenvalue weighted by Crippen LogP contribution is -2.47. The second-order valence-electron chi connectivity index (χ2n) is 9.56. The largest absolute Gasteiger partial charge is 0.493 e. The van der Waals surface area contributed by atoms with E-state index in [2.05, 4.69) is 43.4 Å². The highest BCUT2D eigenvalue weighted by Gasteiger charge is 2.32. The molecule has 7 nitrogen and oxygen atoms in total. The number of carbonyl (C=O) groups is 1. The zero-order valence-corrected chi connectivity index (χ0v) is 19.6. The van der Waals surface area contributed by atoms with Crippen LogP contribution in [0.25, 0.3) is 0 Å².